The lowest BCUT2D eigenvalue weighted by Gasteiger charge is -2.20. The fourth-order valence-corrected chi connectivity index (χ4v) is 3.05. The minimum absolute atomic E-state index is 0.0464. The summed E-state index contributed by atoms with van der Waals surface area (Å²) in [5.41, 5.74) is 3.99. The van der Waals surface area contributed by atoms with E-state index in [-0.39, 0.29) is 23.7 Å². The van der Waals surface area contributed by atoms with Crippen LogP contribution in [0.2, 0.25) is 0 Å². The molecule has 1 aromatic rings. The Balaban J connectivity index is 1.89. The molecule has 1 aliphatic rings. The van der Waals surface area contributed by atoms with Gasteiger partial charge < -0.3 is 10.1 Å². The van der Waals surface area contributed by atoms with Gasteiger partial charge in [0.05, 0.1) is 12.5 Å². The first kappa shape index (κ1) is 21.6. The second kappa shape index (κ2) is 10.6. The van der Waals surface area contributed by atoms with Crippen LogP contribution in [0.4, 0.5) is 5.69 Å². The summed E-state index contributed by atoms with van der Waals surface area (Å²) < 4.78 is 4.94. The number of hydrogen-bond acceptors (Lipinski definition) is 5. The second-order valence-electron chi connectivity index (χ2n) is 7.07. The summed E-state index contributed by atoms with van der Waals surface area (Å²) in [7, 11) is 0. The zero-order valence-electron chi connectivity index (χ0n) is 16.8. The van der Waals surface area contributed by atoms with Gasteiger partial charge in [0.25, 0.3) is 5.91 Å². The number of rotatable bonds is 7. The molecule has 1 atom stereocenters. The Bertz CT molecular complexity index is 722. The molecule has 2 rings (SSSR count). The topological polar surface area (TPSA) is 96.9 Å². The van der Waals surface area contributed by atoms with Gasteiger partial charge in [-0.3, -0.25) is 14.4 Å². The lowest BCUT2D eigenvalue weighted by molar-refractivity contribution is -0.145. The van der Waals surface area contributed by atoms with Crippen LogP contribution < -0.4 is 10.7 Å². The van der Waals surface area contributed by atoms with E-state index in [1.807, 2.05) is 0 Å². The highest BCUT2D eigenvalue weighted by atomic mass is 16.5. The van der Waals surface area contributed by atoms with Crippen LogP contribution in [0.3, 0.4) is 0 Å². The van der Waals surface area contributed by atoms with Crippen LogP contribution in [0.1, 0.15) is 63.2 Å². The SMILES string of the molecule is CCOC(=O)C(C)C(C)=NNC(=O)c1ccc(NC(=O)C2CCCCC2)cc1. The van der Waals surface area contributed by atoms with E-state index in [1.54, 1.807) is 45.0 Å². The molecule has 7 nitrogen and oxygen atoms in total. The largest absolute Gasteiger partial charge is 0.465 e. The summed E-state index contributed by atoms with van der Waals surface area (Å²) in [6.45, 7) is 5.37. The maximum Gasteiger partial charge on any atom is 0.314 e. The Morgan fingerprint density at radius 1 is 1.14 bits per heavy atom. The third kappa shape index (κ3) is 6.18. The minimum Gasteiger partial charge on any atom is -0.465 e. The minimum atomic E-state index is -0.530. The molecular weight excluding hydrogens is 358 g/mol. The predicted molar refractivity (Wildman–Crippen MR) is 108 cm³/mol. The molecule has 0 heterocycles. The Morgan fingerprint density at radius 3 is 2.39 bits per heavy atom. The number of nitrogens with zero attached hydrogens (tertiary/aromatic N) is 1. The van der Waals surface area contributed by atoms with E-state index in [1.165, 1.54) is 6.42 Å². The molecule has 7 heteroatoms. The zero-order valence-corrected chi connectivity index (χ0v) is 16.8. The van der Waals surface area contributed by atoms with Gasteiger partial charge in [0.2, 0.25) is 5.91 Å². The van der Waals surface area contributed by atoms with Crippen molar-refractivity contribution in [3.05, 3.63) is 29.8 Å². The Labute approximate surface area is 165 Å². The number of carbonyl (C=O) groups excluding carboxylic acids is 3. The molecule has 152 valence electrons. The molecule has 0 bridgehead atoms. The molecule has 28 heavy (non-hydrogen) atoms. The van der Waals surface area contributed by atoms with E-state index in [0.717, 1.165) is 25.7 Å². The first-order valence-corrected chi connectivity index (χ1v) is 9.84. The van der Waals surface area contributed by atoms with Gasteiger partial charge in [-0.05, 0) is 57.9 Å². The van der Waals surface area contributed by atoms with Crippen LogP contribution >= 0.6 is 0 Å². The zero-order chi connectivity index (χ0) is 20.5. The summed E-state index contributed by atoms with van der Waals surface area (Å²) in [4.78, 5) is 36.2. The van der Waals surface area contributed by atoms with E-state index >= 15 is 0 Å². The molecule has 0 saturated heterocycles. The molecule has 1 saturated carbocycles. The summed E-state index contributed by atoms with van der Waals surface area (Å²) in [6, 6.07) is 6.66. The highest BCUT2D eigenvalue weighted by Gasteiger charge is 2.21. The van der Waals surface area contributed by atoms with Crippen LogP contribution in [0.25, 0.3) is 0 Å². The average molecular weight is 387 g/mol. The highest BCUT2D eigenvalue weighted by Crippen LogP contribution is 2.25. The number of ether oxygens (including phenoxy) is 1. The molecule has 0 aliphatic heterocycles. The lowest BCUT2D eigenvalue weighted by Crippen LogP contribution is -2.26. The molecule has 1 aliphatic carbocycles. The Hall–Kier alpha value is -2.70. The molecule has 2 N–H and O–H groups in total. The summed E-state index contributed by atoms with van der Waals surface area (Å²) in [5, 5.41) is 6.90. The van der Waals surface area contributed by atoms with Gasteiger partial charge in [0, 0.05) is 22.9 Å². The summed E-state index contributed by atoms with van der Waals surface area (Å²) >= 11 is 0. The Morgan fingerprint density at radius 2 is 1.79 bits per heavy atom. The number of esters is 1. The van der Waals surface area contributed by atoms with E-state index in [2.05, 4.69) is 15.8 Å². The fraction of sp³-hybridized carbons (Fsp3) is 0.524. The van der Waals surface area contributed by atoms with Gasteiger partial charge in [-0.15, -0.1) is 0 Å². The standard InChI is InChI=1S/C21H29N3O4/c1-4-28-21(27)14(2)15(3)23-24-20(26)17-10-12-18(13-11-17)22-19(25)16-8-6-5-7-9-16/h10-14,16H,4-9H2,1-3H3,(H,22,25)(H,24,26). The van der Waals surface area contributed by atoms with Crippen LogP contribution in [-0.4, -0.2) is 30.1 Å². The van der Waals surface area contributed by atoms with Crippen molar-refractivity contribution in [2.45, 2.75) is 52.9 Å². The average Bonchev–Trinajstić information content (AvgIpc) is 2.72. The first-order valence-electron chi connectivity index (χ1n) is 9.84. The van der Waals surface area contributed by atoms with Gasteiger partial charge in [0.1, 0.15) is 0 Å². The molecular formula is C21H29N3O4. The molecule has 2 amide bonds. The van der Waals surface area contributed by atoms with E-state index in [0.29, 0.717) is 23.6 Å². The monoisotopic (exact) mass is 387 g/mol. The van der Waals surface area contributed by atoms with Crippen LogP contribution in [-0.2, 0) is 14.3 Å². The van der Waals surface area contributed by atoms with Crippen molar-refractivity contribution in [3.63, 3.8) is 0 Å². The van der Waals surface area contributed by atoms with Crippen LogP contribution in [0, 0.1) is 11.8 Å². The van der Waals surface area contributed by atoms with Crippen molar-refractivity contribution in [1.29, 1.82) is 0 Å². The summed E-state index contributed by atoms with van der Waals surface area (Å²) in [5.74, 6) is -1.17. The normalized spacial score (nSPS) is 16.2. The molecule has 0 spiro atoms. The Kier molecular flexibility index (Phi) is 8.17. The van der Waals surface area contributed by atoms with Crippen LogP contribution in [0.5, 0.6) is 0 Å². The molecule has 1 fully saturated rings. The van der Waals surface area contributed by atoms with Crippen molar-refractivity contribution in [3.8, 4) is 0 Å². The fourth-order valence-electron chi connectivity index (χ4n) is 3.05. The predicted octanol–water partition coefficient (Wildman–Crippen LogP) is 3.51. The number of anilines is 1. The highest BCUT2D eigenvalue weighted by molar-refractivity contribution is 6.02. The van der Waals surface area contributed by atoms with Crippen molar-refractivity contribution in [2.24, 2.45) is 16.9 Å². The van der Waals surface area contributed by atoms with E-state index in [9.17, 15) is 14.4 Å². The molecule has 1 aromatic carbocycles. The smallest absolute Gasteiger partial charge is 0.314 e. The van der Waals surface area contributed by atoms with Gasteiger partial charge in [-0.1, -0.05) is 19.3 Å². The molecule has 0 aromatic heterocycles. The van der Waals surface area contributed by atoms with Gasteiger partial charge >= 0.3 is 5.97 Å². The van der Waals surface area contributed by atoms with Crippen molar-refractivity contribution in [2.75, 3.05) is 11.9 Å². The number of amides is 2. The molecule has 1 unspecified atom stereocenters. The maximum absolute atomic E-state index is 12.3. The van der Waals surface area contributed by atoms with Gasteiger partial charge in [0.15, 0.2) is 0 Å². The first-order chi connectivity index (χ1) is 13.4. The summed E-state index contributed by atoms with van der Waals surface area (Å²) in [6.07, 6.45) is 5.29. The maximum atomic E-state index is 12.3. The van der Waals surface area contributed by atoms with Crippen LogP contribution in [0.15, 0.2) is 29.4 Å². The quantitative estimate of drug-likeness (QED) is 0.425. The van der Waals surface area contributed by atoms with E-state index in [4.69, 9.17) is 4.74 Å². The van der Waals surface area contributed by atoms with Crippen molar-refractivity contribution >= 4 is 29.2 Å². The van der Waals surface area contributed by atoms with Crippen molar-refractivity contribution < 1.29 is 19.1 Å². The third-order valence-corrected chi connectivity index (χ3v) is 4.99. The van der Waals surface area contributed by atoms with Gasteiger partial charge in [-0.2, -0.15) is 5.10 Å². The number of carbonyl (C=O) groups is 3. The third-order valence-electron chi connectivity index (χ3n) is 4.99. The number of hydrogen-bond donors (Lipinski definition) is 2. The molecule has 0 radical (unpaired) electrons. The number of hydrazone groups is 1. The second-order valence-corrected chi connectivity index (χ2v) is 7.07. The van der Waals surface area contributed by atoms with Crippen molar-refractivity contribution in [1.82, 2.24) is 5.43 Å². The van der Waals surface area contributed by atoms with Gasteiger partial charge in [-0.25, -0.2) is 5.43 Å². The number of nitrogens with one attached hydrogen (secondary N) is 2. The lowest BCUT2D eigenvalue weighted by atomic mass is 9.88. The number of benzene rings is 1. The van der Waals surface area contributed by atoms with E-state index < -0.39 is 5.92 Å².